The number of ether oxygens (including phenoxy) is 1. The van der Waals surface area contributed by atoms with Crippen molar-refractivity contribution >= 4 is 22.8 Å². The molecule has 2 rings (SSSR count). The number of esters is 1. The molecule has 0 spiro atoms. The van der Waals surface area contributed by atoms with Crippen LogP contribution < -0.4 is 0 Å². The molecule has 1 aromatic rings. The van der Waals surface area contributed by atoms with Gasteiger partial charge in [-0.1, -0.05) is 41.6 Å². The first-order chi connectivity index (χ1) is 8.16. The monoisotopic (exact) mass is 250 g/mol. The van der Waals surface area contributed by atoms with E-state index in [2.05, 4.69) is 0 Å². The number of carbonyl (C=O) groups is 2. The van der Waals surface area contributed by atoms with E-state index in [0.717, 1.165) is 12.0 Å². The molecule has 17 heavy (non-hydrogen) atoms. The average Bonchev–Trinajstić information content (AvgIpc) is 2.73. The molecule has 1 fully saturated rings. The summed E-state index contributed by atoms with van der Waals surface area (Å²) in [5, 5.41) is 0.0182. The molecule has 0 aliphatic carbocycles. The molecule has 0 aromatic heterocycles. The molecule has 90 valence electrons. The summed E-state index contributed by atoms with van der Waals surface area (Å²) in [5.74, 6) is 0.231. The minimum absolute atomic E-state index is 0.0182. The van der Waals surface area contributed by atoms with E-state index in [1.807, 2.05) is 31.2 Å². The molecule has 1 unspecified atom stereocenters. The van der Waals surface area contributed by atoms with Crippen LogP contribution in [0, 0.1) is 12.8 Å². The molecule has 0 radical (unpaired) electrons. The lowest BCUT2D eigenvalue weighted by molar-refractivity contribution is -0.140. The Morgan fingerprint density at radius 1 is 1.41 bits per heavy atom. The molecule has 0 saturated carbocycles. The van der Waals surface area contributed by atoms with Crippen molar-refractivity contribution in [2.75, 3.05) is 12.4 Å². The third kappa shape index (κ3) is 3.09. The molecule has 1 aromatic carbocycles. The fourth-order valence-corrected chi connectivity index (χ4v) is 2.60. The van der Waals surface area contributed by atoms with E-state index in [-0.39, 0.29) is 17.0 Å². The van der Waals surface area contributed by atoms with Gasteiger partial charge in [0, 0.05) is 11.3 Å². The zero-order valence-electron chi connectivity index (χ0n) is 9.64. The molecular formula is C13H14O3S. The maximum absolute atomic E-state index is 11.8. The predicted octanol–water partition coefficient (Wildman–Crippen LogP) is 2.43. The first kappa shape index (κ1) is 12.2. The summed E-state index contributed by atoms with van der Waals surface area (Å²) >= 11 is 1.20. The normalized spacial score (nSPS) is 19.1. The standard InChI is InChI=1S/C13H14O3S/c1-9-2-4-10(5-3-9)13(15)17-8-11-6-7-16-12(11)14/h2-5,11H,6-8H2,1H3. The molecule has 1 saturated heterocycles. The van der Waals surface area contributed by atoms with Crippen LogP contribution in [0.25, 0.3) is 0 Å². The number of thioether (sulfide) groups is 1. The fourth-order valence-electron chi connectivity index (χ4n) is 1.64. The van der Waals surface area contributed by atoms with E-state index in [4.69, 9.17) is 4.74 Å². The van der Waals surface area contributed by atoms with Gasteiger partial charge in [0.05, 0.1) is 12.5 Å². The van der Waals surface area contributed by atoms with E-state index in [9.17, 15) is 9.59 Å². The molecule has 1 aliphatic heterocycles. The van der Waals surface area contributed by atoms with Crippen molar-refractivity contribution in [1.82, 2.24) is 0 Å². The van der Waals surface area contributed by atoms with Crippen molar-refractivity contribution in [2.45, 2.75) is 13.3 Å². The molecule has 1 heterocycles. The van der Waals surface area contributed by atoms with Crippen LogP contribution >= 0.6 is 11.8 Å². The highest BCUT2D eigenvalue weighted by Gasteiger charge is 2.27. The second-order valence-electron chi connectivity index (χ2n) is 4.12. The summed E-state index contributed by atoms with van der Waals surface area (Å²) < 4.78 is 4.86. The quantitative estimate of drug-likeness (QED) is 0.773. The second kappa shape index (κ2) is 5.36. The van der Waals surface area contributed by atoms with E-state index < -0.39 is 0 Å². The highest BCUT2D eigenvalue weighted by Crippen LogP contribution is 2.22. The highest BCUT2D eigenvalue weighted by molar-refractivity contribution is 8.14. The van der Waals surface area contributed by atoms with Gasteiger partial charge in [0.2, 0.25) is 5.12 Å². The number of carbonyl (C=O) groups excluding carboxylic acids is 2. The van der Waals surface area contributed by atoms with Gasteiger partial charge in [-0.2, -0.15) is 0 Å². The van der Waals surface area contributed by atoms with Crippen molar-refractivity contribution in [3.8, 4) is 0 Å². The third-order valence-corrected chi connectivity index (χ3v) is 3.81. The molecule has 1 aliphatic rings. The summed E-state index contributed by atoms with van der Waals surface area (Å²) in [7, 11) is 0. The Hall–Kier alpha value is -1.29. The molecule has 3 nitrogen and oxygen atoms in total. The Balaban J connectivity index is 1.89. The number of hydrogen-bond donors (Lipinski definition) is 0. The van der Waals surface area contributed by atoms with Crippen LogP contribution in [0.15, 0.2) is 24.3 Å². The van der Waals surface area contributed by atoms with Crippen molar-refractivity contribution < 1.29 is 14.3 Å². The first-order valence-electron chi connectivity index (χ1n) is 5.57. The molecule has 4 heteroatoms. The Morgan fingerprint density at radius 2 is 2.12 bits per heavy atom. The summed E-state index contributed by atoms with van der Waals surface area (Å²) in [6.07, 6.45) is 0.729. The molecule has 1 atom stereocenters. The molecular weight excluding hydrogens is 236 g/mol. The minimum Gasteiger partial charge on any atom is -0.465 e. The number of benzene rings is 1. The van der Waals surface area contributed by atoms with Gasteiger partial charge in [-0.15, -0.1) is 0 Å². The van der Waals surface area contributed by atoms with E-state index >= 15 is 0 Å². The lowest BCUT2D eigenvalue weighted by Gasteiger charge is -2.04. The van der Waals surface area contributed by atoms with Crippen LogP contribution in [-0.2, 0) is 9.53 Å². The number of rotatable bonds is 3. The van der Waals surface area contributed by atoms with Crippen LogP contribution in [0.4, 0.5) is 0 Å². The lowest BCUT2D eigenvalue weighted by Crippen LogP contribution is -2.11. The maximum atomic E-state index is 11.8. The van der Waals surface area contributed by atoms with Gasteiger partial charge in [0.1, 0.15) is 0 Å². The van der Waals surface area contributed by atoms with Crippen molar-refractivity contribution in [3.63, 3.8) is 0 Å². The summed E-state index contributed by atoms with van der Waals surface area (Å²) in [6, 6.07) is 7.46. The van der Waals surface area contributed by atoms with Gasteiger partial charge in [0.25, 0.3) is 0 Å². The minimum atomic E-state index is -0.172. The van der Waals surface area contributed by atoms with E-state index in [1.54, 1.807) is 0 Å². The third-order valence-electron chi connectivity index (χ3n) is 2.75. The summed E-state index contributed by atoms with van der Waals surface area (Å²) in [6.45, 7) is 2.47. The van der Waals surface area contributed by atoms with Crippen molar-refractivity contribution in [2.24, 2.45) is 5.92 Å². The Labute approximate surface area is 105 Å². The topological polar surface area (TPSA) is 43.4 Å². The van der Waals surface area contributed by atoms with Gasteiger partial charge in [-0.3, -0.25) is 9.59 Å². The van der Waals surface area contributed by atoms with Crippen molar-refractivity contribution in [3.05, 3.63) is 35.4 Å². The fraction of sp³-hybridized carbons (Fsp3) is 0.385. The average molecular weight is 250 g/mol. The predicted molar refractivity (Wildman–Crippen MR) is 67.0 cm³/mol. The van der Waals surface area contributed by atoms with E-state index in [1.165, 1.54) is 11.8 Å². The zero-order valence-corrected chi connectivity index (χ0v) is 10.5. The van der Waals surface area contributed by atoms with Crippen LogP contribution in [-0.4, -0.2) is 23.4 Å². The van der Waals surface area contributed by atoms with Crippen LogP contribution in [0.2, 0.25) is 0 Å². The SMILES string of the molecule is Cc1ccc(C(=O)SCC2CCOC2=O)cc1. The summed E-state index contributed by atoms with van der Waals surface area (Å²) in [4.78, 5) is 23.1. The Kier molecular flexibility index (Phi) is 3.84. The largest absolute Gasteiger partial charge is 0.465 e. The van der Waals surface area contributed by atoms with Gasteiger partial charge < -0.3 is 4.74 Å². The van der Waals surface area contributed by atoms with Gasteiger partial charge >= 0.3 is 5.97 Å². The van der Waals surface area contributed by atoms with E-state index in [0.29, 0.717) is 17.9 Å². The van der Waals surface area contributed by atoms with Gasteiger partial charge in [0.15, 0.2) is 0 Å². The first-order valence-corrected chi connectivity index (χ1v) is 6.56. The molecule has 0 amide bonds. The maximum Gasteiger partial charge on any atom is 0.309 e. The highest BCUT2D eigenvalue weighted by atomic mass is 32.2. The van der Waals surface area contributed by atoms with Crippen LogP contribution in [0.3, 0.4) is 0 Å². The van der Waals surface area contributed by atoms with Gasteiger partial charge in [-0.05, 0) is 13.3 Å². The number of hydrogen-bond acceptors (Lipinski definition) is 4. The Bertz CT molecular complexity index is 425. The Morgan fingerprint density at radius 3 is 2.71 bits per heavy atom. The van der Waals surface area contributed by atoms with Gasteiger partial charge in [-0.25, -0.2) is 0 Å². The molecule has 0 N–H and O–H groups in total. The lowest BCUT2D eigenvalue weighted by atomic mass is 10.1. The summed E-state index contributed by atoms with van der Waals surface area (Å²) in [5.41, 5.74) is 1.82. The van der Waals surface area contributed by atoms with Crippen molar-refractivity contribution in [1.29, 1.82) is 0 Å². The molecule has 0 bridgehead atoms. The van der Waals surface area contributed by atoms with Crippen LogP contribution in [0.5, 0.6) is 0 Å². The second-order valence-corrected chi connectivity index (χ2v) is 5.11. The zero-order chi connectivity index (χ0) is 12.3. The smallest absolute Gasteiger partial charge is 0.309 e. The number of cyclic esters (lactones) is 1. The number of aryl methyl sites for hydroxylation is 1. The van der Waals surface area contributed by atoms with Crippen LogP contribution in [0.1, 0.15) is 22.3 Å².